The Hall–Kier alpha value is -2.39. The number of carbonyl (C=O) groups excluding carboxylic acids is 1. The van der Waals surface area contributed by atoms with E-state index in [0.29, 0.717) is 0 Å². The molecule has 0 saturated heterocycles. The van der Waals surface area contributed by atoms with Crippen LogP contribution < -0.4 is 5.32 Å². The first-order chi connectivity index (χ1) is 8.67. The molecule has 0 radical (unpaired) electrons. The molecule has 0 aliphatic rings. The Balaban J connectivity index is 3.13. The minimum absolute atomic E-state index is 0.801. The Morgan fingerprint density at radius 1 is 1.42 bits per heavy atom. The van der Waals surface area contributed by atoms with Crippen LogP contribution in [-0.2, 0) is 4.79 Å². The molecule has 0 spiro atoms. The largest absolute Gasteiger partial charge is 0.505 e. The molecule has 104 valence electrons. The molecule has 19 heavy (non-hydrogen) atoms. The Morgan fingerprint density at radius 3 is 2.47 bits per heavy atom. The van der Waals surface area contributed by atoms with E-state index in [9.17, 15) is 37.6 Å². The number of alkyl halides is 4. The number of nitro groups is 1. The molecule has 0 saturated carbocycles. The number of aromatic hydroxyl groups is 1. The quantitative estimate of drug-likeness (QED) is 0.383. The van der Waals surface area contributed by atoms with Gasteiger partial charge in [-0.05, 0) is 6.07 Å². The van der Waals surface area contributed by atoms with Gasteiger partial charge in [0.1, 0.15) is 5.75 Å². The number of para-hydroxylation sites is 1. The van der Waals surface area contributed by atoms with E-state index in [4.69, 9.17) is 0 Å². The molecule has 0 unspecified atom stereocenters. The van der Waals surface area contributed by atoms with Gasteiger partial charge in [-0.1, -0.05) is 6.07 Å². The van der Waals surface area contributed by atoms with Crippen molar-refractivity contribution in [3.05, 3.63) is 28.3 Å². The number of amides is 1. The molecular weight excluding hydrogens is 276 g/mol. The molecule has 0 aliphatic carbocycles. The minimum atomic E-state index is -5.03. The number of rotatable bonds is 4. The summed E-state index contributed by atoms with van der Waals surface area (Å²) in [5, 5.41) is 21.0. The van der Waals surface area contributed by atoms with Crippen molar-refractivity contribution in [2.45, 2.75) is 12.3 Å². The predicted octanol–water partition coefficient (Wildman–Crippen LogP) is 2.14. The highest BCUT2D eigenvalue weighted by Gasteiger charge is 2.49. The number of anilines is 1. The fraction of sp³-hybridized carbons (Fsp3) is 0.222. The summed E-state index contributed by atoms with van der Waals surface area (Å²) in [5.74, 6) is -8.38. The maximum atomic E-state index is 12.7. The van der Waals surface area contributed by atoms with Gasteiger partial charge in [-0.3, -0.25) is 14.9 Å². The van der Waals surface area contributed by atoms with Crippen molar-refractivity contribution in [1.29, 1.82) is 0 Å². The van der Waals surface area contributed by atoms with Crippen LogP contribution in [0.4, 0.5) is 28.9 Å². The van der Waals surface area contributed by atoms with E-state index < -0.39 is 40.3 Å². The van der Waals surface area contributed by atoms with Crippen LogP contribution in [0.2, 0.25) is 0 Å². The molecular formula is C9H6F4N2O4. The molecule has 2 N–H and O–H groups in total. The third-order valence-electron chi connectivity index (χ3n) is 2.03. The number of halogens is 4. The third kappa shape index (κ3) is 2.89. The zero-order chi connectivity index (χ0) is 14.8. The first-order valence-electron chi connectivity index (χ1n) is 4.61. The summed E-state index contributed by atoms with van der Waals surface area (Å²) >= 11 is 0. The lowest BCUT2D eigenvalue weighted by Crippen LogP contribution is -2.41. The lowest BCUT2D eigenvalue weighted by Gasteiger charge is -2.15. The molecule has 0 heterocycles. The average molecular weight is 282 g/mol. The van der Waals surface area contributed by atoms with E-state index >= 15 is 0 Å². The highest BCUT2D eigenvalue weighted by atomic mass is 19.3. The number of carbonyl (C=O) groups is 1. The normalized spacial score (nSPS) is 11.4. The number of benzene rings is 1. The van der Waals surface area contributed by atoms with Crippen molar-refractivity contribution in [1.82, 2.24) is 0 Å². The van der Waals surface area contributed by atoms with Crippen LogP contribution in [0.25, 0.3) is 0 Å². The van der Waals surface area contributed by atoms with Crippen molar-refractivity contribution in [2.75, 3.05) is 5.32 Å². The molecule has 6 nitrogen and oxygen atoms in total. The van der Waals surface area contributed by atoms with E-state index in [1.54, 1.807) is 0 Å². The Labute approximate surface area is 102 Å². The molecule has 1 amide bonds. The van der Waals surface area contributed by atoms with Crippen LogP contribution in [0.5, 0.6) is 5.75 Å². The smallest absolute Gasteiger partial charge is 0.383 e. The molecule has 1 aromatic rings. The van der Waals surface area contributed by atoms with Gasteiger partial charge >= 0.3 is 18.3 Å². The lowest BCUT2D eigenvalue weighted by molar-refractivity contribution is -0.384. The second-order valence-electron chi connectivity index (χ2n) is 3.31. The topological polar surface area (TPSA) is 92.5 Å². The van der Waals surface area contributed by atoms with Crippen molar-refractivity contribution >= 4 is 17.3 Å². The maximum Gasteiger partial charge on any atom is 0.383 e. The molecule has 0 bridgehead atoms. The summed E-state index contributed by atoms with van der Waals surface area (Å²) in [6.07, 6.45) is -4.28. The van der Waals surface area contributed by atoms with Gasteiger partial charge < -0.3 is 10.4 Å². The number of nitro benzene ring substituents is 1. The molecule has 0 aliphatic heterocycles. The second kappa shape index (κ2) is 5.08. The fourth-order valence-corrected chi connectivity index (χ4v) is 1.10. The second-order valence-corrected chi connectivity index (χ2v) is 3.31. The van der Waals surface area contributed by atoms with E-state index in [-0.39, 0.29) is 0 Å². The number of nitrogens with zero attached hydrogens (tertiary/aromatic N) is 1. The van der Waals surface area contributed by atoms with Crippen LogP contribution in [0, 0.1) is 10.1 Å². The first-order valence-corrected chi connectivity index (χ1v) is 4.61. The minimum Gasteiger partial charge on any atom is -0.505 e. The standard InChI is InChI=1S/C9H6F4N2O4/c10-7(11)9(12,13)8(17)14-6-4(15(18)19)2-1-3-5(6)16/h1-3,7,16H,(H,14,17). The summed E-state index contributed by atoms with van der Waals surface area (Å²) in [4.78, 5) is 20.4. The van der Waals surface area contributed by atoms with Gasteiger partial charge in [-0.2, -0.15) is 8.78 Å². The van der Waals surface area contributed by atoms with E-state index in [0.717, 1.165) is 18.2 Å². The lowest BCUT2D eigenvalue weighted by atomic mass is 10.2. The zero-order valence-corrected chi connectivity index (χ0v) is 8.94. The monoisotopic (exact) mass is 282 g/mol. The molecule has 0 aromatic heterocycles. The summed E-state index contributed by atoms with van der Waals surface area (Å²) in [7, 11) is 0. The highest BCUT2D eigenvalue weighted by molar-refractivity contribution is 5.99. The van der Waals surface area contributed by atoms with Gasteiger partial charge in [-0.15, -0.1) is 0 Å². The van der Waals surface area contributed by atoms with Crippen LogP contribution >= 0.6 is 0 Å². The van der Waals surface area contributed by atoms with Gasteiger partial charge in [0.25, 0.3) is 5.69 Å². The molecule has 0 fully saturated rings. The van der Waals surface area contributed by atoms with Crippen LogP contribution in [0.1, 0.15) is 0 Å². The zero-order valence-electron chi connectivity index (χ0n) is 8.94. The molecule has 1 aromatic carbocycles. The van der Waals surface area contributed by atoms with Crippen molar-refractivity contribution in [3.63, 3.8) is 0 Å². The first kappa shape index (κ1) is 14.7. The Kier molecular flexibility index (Phi) is 3.92. The molecule has 1 rings (SSSR count). The van der Waals surface area contributed by atoms with Gasteiger partial charge in [0, 0.05) is 6.07 Å². The Bertz CT molecular complexity index is 521. The molecule has 0 atom stereocenters. The van der Waals surface area contributed by atoms with Crippen molar-refractivity contribution < 1.29 is 32.4 Å². The number of phenolic OH excluding ortho intramolecular Hbond substituents is 1. The molecule has 10 heteroatoms. The number of nitrogens with one attached hydrogen (secondary N) is 1. The fourth-order valence-electron chi connectivity index (χ4n) is 1.10. The summed E-state index contributed by atoms with van der Waals surface area (Å²) in [5.41, 5.74) is -1.88. The number of hydrogen-bond donors (Lipinski definition) is 2. The number of phenols is 1. The summed E-state index contributed by atoms with van der Waals surface area (Å²) < 4.78 is 49.2. The predicted molar refractivity (Wildman–Crippen MR) is 54.3 cm³/mol. The van der Waals surface area contributed by atoms with Gasteiger partial charge in [0.05, 0.1) is 4.92 Å². The van der Waals surface area contributed by atoms with Crippen LogP contribution in [-0.4, -0.2) is 28.3 Å². The van der Waals surface area contributed by atoms with Gasteiger partial charge in [0.15, 0.2) is 5.69 Å². The highest BCUT2D eigenvalue weighted by Crippen LogP contribution is 2.35. The van der Waals surface area contributed by atoms with E-state index in [2.05, 4.69) is 0 Å². The maximum absolute atomic E-state index is 12.7. The SMILES string of the molecule is O=C(Nc1c(O)cccc1[N+](=O)[O-])C(F)(F)C(F)F. The summed E-state index contributed by atoms with van der Waals surface area (Å²) in [6.45, 7) is 0. The van der Waals surface area contributed by atoms with Gasteiger partial charge in [0.2, 0.25) is 0 Å². The van der Waals surface area contributed by atoms with Gasteiger partial charge in [-0.25, -0.2) is 8.78 Å². The van der Waals surface area contributed by atoms with Crippen molar-refractivity contribution in [2.24, 2.45) is 0 Å². The van der Waals surface area contributed by atoms with Crippen molar-refractivity contribution in [3.8, 4) is 5.75 Å². The number of hydrogen-bond acceptors (Lipinski definition) is 4. The van der Waals surface area contributed by atoms with Crippen LogP contribution in [0.3, 0.4) is 0 Å². The van der Waals surface area contributed by atoms with E-state index in [1.165, 1.54) is 5.32 Å². The third-order valence-corrected chi connectivity index (χ3v) is 2.03. The van der Waals surface area contributed by atoms with E-state index in [1.807, 2.05) is 0 Å². The summed E-state index contributed by atoms with van der Waals surface area (Å²) in [6, 6.07) is 2.69. The Morgan fingerprint density at radius 2 is 2.00 bits per heavy atom. The van der Waals surface area contributed by atoms with Crippen LogP contribution in [0.15, 0.2) is 18.2 Å². The average Bonchev–Trinajstić information content (AvgIpc) is 2.30.